The molecule has 0 aromatic rings. The quantitative estimate of drug-likeness (QED) is 0.839. The van der Waals surface area contributed by atoms with Crippen molar-refractivity contribution in [1.29, 1.82) is 0 Å². The molecule has 3 unspecified atom stereocenters. The highest BCUT2D eigenvalue weighted by molar-refractivity contribution is 5.76. The predicted molar refractivity (Wildman–Crippen MR) is 70.5 cm³/mol. The van der Waals surface area contributed by atoms with Crippen molar-refractivity contribution >= 4 is 11.9 Å². The Morgan fingerprint density at radius 3 is 2.33 bits per heavy atom. The van der Waals surface area contributed by atoms with Crippen LogP contribution in [0.5, 0.6) is 0 Å². The Bertz CT molecular complexity index is 407. The van der Waals surface area contributed by atoms with Gasteiger partial charge in [0.2, 0.25) is 5.91 Å². The predicted octanol–water partition coefficient (Wildman–Crippen LogP) is 2.97. The SMILES string of the molecule is CC1C(NC(=O)CCC(F)(F)F)CCC(C(=O)O)C1(C)C. The van der Waals surface area contributed by atoms with Crippen molar-refractivity contribution in [3.8, 4) is 0 Å². The summed E-state index contributed by atoms with van der Waals surface area (Å²) >= 11 is 0. The average molecular weight is 309 g/mol. The van der Waals surface area contributed by atoms with Gasteiger partial charge in [0.05, 0.1) is 12.3 Å². The smallest absolute Gasteiger partial charge is 0.389 e. The summed E-state index contributed by atoms with van der Waals surface area (Å²) in [5.74, 6) is -2.12. The van der Waals surface area contributed by atoms with Crippen LogP contribution < -0.4 is 5.32 Å². The Labute approximate surface area is 122 Å². The van der Waals surface area contributed by atoms with E-state index in [1.54, 1.807) is 0 Å². The zero-order chi connectivity index (χ0) is 16.4. The lowest BCUT2D eigenvalue weighted by Gasteiger charge is -2.46. The molecule has 1 aliphatic rings. The van der Waals surface area contributed by atoms with E-state index in [4.69, 9.17) is 0 Å². The lowest BCUT2D eigenvalue weighted by atomic mass is 9.61. The van der Waals surface area contributed by atoms with E-state index in [1.807, 2.05) is 20.8 Å². The number of carbonyl (C=O) groups is 2. The highest BCUT2D eigenvalue weighted by Crippen LogP contribution is 2.45. The van der Waals surface area contributed by atoms with E-state index >= 15 is 0 Å². The minimum Gasteiger partial charge on any atom is -0.481 e. The first-order chi connectivity index (χ1) is 9.45. The van der Waals surface area contributed by atoms with Crippen LogP contribution in [0.25, 0.3) is 0 Å². The van der Waals surface area contributed by atoms with Crippen LogP contribution in [0, 0.1) is 17.3 Å². The van der Waals surface area contributed by atoms with E-state index in [-0.39, 0.29) is 12.0 Å². The molecule has 0 heterocycles. The summed E-state index contributed by atoms with van der Waals surface area (Å²) in [7, 11) is 0. The van der Waals surface area contributed by atoms with E-state index in [1.165, 1.54) is 0 Å². The molecule has 0 aromatic carbocycles. The van der Waals surface area contributed by atoms with Gasteiger partial charge in [0.25, 0.3) is 0 Å². The van der Waals surface area contributed by atoms with Gasteiger partial charge < -0.3 is 10.4 Å². The molecule has 7 heteroatoms. The number of carboxylic acid groups (broad SMARTS) is 1. The molecule has 0 aromatic heterocycles. The van der Waals surface area contributed by atoms with Gasteiger partial charge in [-0.05, 0) is 24.2 Å². The minimum atomic E-state index is -4.34. The van der Waals surface area contributed by atoms with Crippen LogP contribution in [0.2, 0.25) is 0 Å². The summed E-state index contributed by atoms with van der Waals surface area (Å²) in [5, 5.41) is 11.8. The highest BCUT2D eigenvalue weighted by Gasteiger charge is 2.46. The lowest BCUT2D eigenvalue weighted by molar-refractivity contribution is -0.151. The number of hydrogen-bond donors (Lipinski definition) is 2. The molecule has 0 radical (unpaired) electrons. The Hall–Kier alpha value is -1.27. The van der Waals surface area contributed by atoms with Crippen molar-refractivity contribution in [2.75, 3.05) is 0 Å². The highest BCUT2D eigenvalue weighted by atomic mass is 19.4. The van der Waals surface area contributed by atoms with Crippen LogP contribution in [0.3, 0.4) is 0 Å². The maximum absolute atomic E-state index is 12.1. The standard InChI is InChI=1S/C14H22F3NO3/c1-8-10(18-11(19)6-7-14(15,16)17)5-4-9(12(20)21)13(8,2)3/h8-10H,4-7H2,1-3H3,(H,18,19)(H,20,21). The molecule has 21 heavy (non-hydrogen) atoms. The molecule has 0 bridgehead atoms. The van der Waals surface area contributed by atoms with Gasteiger partial charge in [-0.1, -0.05) is 20.8 Å². The number of nitrogens with one attached hydrogen (secondary N) is 1. The molecular formula is C14H22F3NO3. The number of rotatable bonds is 4. The summed E-state index contributed by atoms with van der Waals surface area (Å²) in [6.07, 6.45) is -5.18. The molecule has 122 valence electrons. The first-order valence-electron chi connectivity index (χ1n) is 7.04. The van der Waals surface area contributed by atoms with Gasteiger partial charge in [0.1, 0.15) is 0 Å². The number of aliphatic carboxylic acids is 1. The molecule has 4 nitrogen and oxygen atoms in total. The molecule has 1 fully saturated rings. The minimum absolute atomic E-state index is 0.123. The summed E-state index contributed by atoms with van der Waals surface area (Å²) in [4.78, 5) is 22.8. The normalized spacial score (nSPS) is 29.0. The van der Waals surface area contributed by atoms with E-state index in [9.17, 15) is 27.9 Å². The van der Waals surface area contributed by atoms with E-state index in [2.05, 4.69) is 5.32 Å². The zero-order valence-electron chi connectivity index (χ0n) is 12.5. The van der Waals surface area contributed by atoms with Crippen molar-refractivity contribution in [3.63, 3.8) is 0 Å². The fourth-order valence-electron chi connectivity index (χ4n) is 2.98. The number of alkyl halides is 3. The number of halogens is 3. The van der Waals surface area contributed by atoms with Gasteiger partial charge in [-0.25, -0.2) is 0 Å². The van der Waals surface area contributed by atoms with E-state index < -0.39 is 42.2 Å². The molecule has 0 saturated heterocycles. The van der Waals surface area contributed by atoms with E-state index in [0.29, 0.717) is 12.8 Å². The van der Waals surface area contributed by atoms with Crippen LogP contribution in [-0.2, 0) is 9.59 Å². The second kappa shape index (κ2) is 6.23. The molecule has 1 amide bonds. The van der Waals surface area contributed by atoms with E-state index in [0.717, 1.165) is 0 Å². The van der Waals surface area contributed by atoms with Gasteiger partial charge >= 0.3 is 12.1 Å². The van der Waals surface area contributed by atoms with Crippen molar-refractivity contribution in [3.05, 3.63) is 0 Å². The molecule has 0 aliphatic heterocycles. The Balaban J connectivity index is 2.62. The molecule has 3 atom stereocenters. The third kappa shape index (κ3) is 4.61. The van der Waals surface area contributed by atoms with Crippen LogP contribution in [0.4, 0.5) is 13.2 Å². The van der Waals surface area contributed by atoms with Gasteiger partial charge in [-0.3, -0.25) is 9.59 Å². The summed E-state index contributed by atoms with van der Waals surface area (Å²) in [6.45, 7) is 5.48. The fourth-order valence-corrected chi connectivity index (χ4v) is 2.98. The monoisotopic (exact) mass is 309 g/mol. The van der Waals surface area contributed by atoms with Crippen molar-refractivity contribution in [2.24, 2.45) is 17.3 Å². The fraction of sp³-hybridized carbons (Fsp3) is 0.857. The van der Waals surface area contributed by atoms with Gasteiger partial charge in [-0.2, -0.15) is 13.2 Å². The molecular weight excluding hydrogens is 287 g/mol. The maximum Gasteiger partial charge on any atom is 0.389 e. The second-order valence-electron chi connectivity index (χ2n) is 6.37. The molecule has 1 saturated carbocycles. The van der Waals surface area contributed by atoms with Gasteiger partial charge in [0.15, 0.2) is 0 Å². The molecule has 1 aliphatic carbocycles. The van der Waals surface area contributed by atoms with Crippen molar-refractivity contribution in [1.82, 2.24) is 5.32 Å². The number of carboxylic acids is 1. The molecule has 1 rings (SSSR count). The van der Waals surface area contributed by atoms with Crippen LogP contribution in [-0.4, -0.2) is 29.2 Å². The molecule has 2 N–H and O–H groups in total. The second-order valence-corrected chi connectivity index (χ2v) is 6.37. The third-order valence-electron chi connectivity index (χ3n) is 4.72. The lowest BCUT2D eigenvalue weighted by Crippen LogP contribution is -2.52. The van der Waals surface area contributed by atoms with Crippen molar-refractivity contribution in [2.45, 2.75) is 58.7 Å². The number of carbonyl (C=O) groups excluding carboxylic acids is 1. The summed E-state index contributed by atoms with van der Waals surface area (Å²) in [6, 6.07) is -0.281. The first-order valence-corrected chi connectivity index (χ1v) is 7.04. The average Bonchev–Trinajstić information content (AvgIpc) is 2.31. The largest absolute Gasteiger partial charge is 0.481 e. The van der Waals surface area contributed by atoms with Crippen LogP contribution in [0.15, 0.2) is 0 Å². The number of hydrogen-bond acceptors (Lipinski definition) is 2. The number of amides is 1. The summed E-state index contributed by atoms with van der Waals surface area (Å²) < 4.78 is 36.3. The Morgan fingerprint density at radius 1 is 1.29 bits per heavy atom. The van der Waals surface area contributed by atoms with Crippen LogP contribution >= 0.6 is 0 Å². The van der Waals surface area contributed by atoms with Gasteiger partial charge in [0, 0.05) is 12.5 Å². The van der Waals surface area contributed by atoms with Crippen LogP contribution in [0.1, 0.15) is 46.5 Å². The topological polar surface area (TPSA) is 66.4 Å². The third-order valence-corrected chi connectivity index (χ3v) is 4.72. The first kappa shape index (κ1) is 17.8. The Kier molecular flexibility index (Phi) is 5.28. The molecule has 0 spiro atoms. The van der Waals surface area contributed by atoms with Gasteiger partial charge in [-0.15, -0.1) is 0 Å². The Morgan fingerprint density at radius 2 is 1.86 bits per heavy atom. The zero-order valence-corrected chi connectivity index (χ0v) is 12.5. The summed E-state index contributed by atoms with van der Waals surface area (Å²) in [5.41, 5.74) is -0.522. The maximum atomic E-state index is 12.1. The van der Waals surface area contributed by atoms with Crippen molar-refractivity contribution < 1.29 is 27.9 Å².